The molecule has 0 radical (unpaired) electrons. The molecule has 9 heteroatoms. The van der Waals surface area contributed by atoms with Gasteiger partial charge in [-0.1, -0.05) is 12.1 Å². The molecule has 0 spiro atoms. The lowest BCUT2D eigenvalue weighted by atomic mass is 10.1. The van der Waals surface area contributed by atoms with E-state index in [-0.39, 0.29) is 23.8 Å². The molecule has 0 amide bonds. The Morgan fingerprint density at radius 1 is 1.19 bits per heavy atom. The van der Waals surface area contributed by atoms with Crippen molar-refractivity contribution < 1.29 is 12.8 Å². The largest absolute Gasteiger partial charge is 0.363 e. The van der Waals surface area contributed by atoms with Crippen LogP contribution < -0.4 is 10.6 Å². The predicted molar refractivity (Wildman–Crippen MR) is 123 cm³/mol. The topological polar surface area (TPSA) is 84.5 Å². The van der Waals surface area contributed by atoms with E-state index in [0.29, 0.717) is 11.1 Å². The van der Waals surface area contributed by atoms with E-state index in [9.17, 15) is 12.8 Å². The molecule has 0 aliphatic rings. The summed E-state index contributed by atoms with van der Waals surface area (Å²) in [7, 11) is 3.18. The van der Waals surface area contributed by atoms with Gasteiger partial charge in [0.05, 0.1) is 22.5 Å². The Kier molecular flexibility index (Phi) is 6.49. The van der Waals surface area contributed by atoms with Gasteiger partial charge in [-0.3, -0.25) is 0 Å². The molecule has 0 aliphatic heterocycles. The zero-order valence-electron chi connectivity index (χ0n) is 18.4. The van der Waals surface area contributed by atoms with Crippen LogP contribution in [-0.4, -0.2) is 57.0 Å². The normalized spacial score (nSPS) is 12.7. The van der Waals surface area contributed by atoms with E-state index in [1.807, 2.05) is 48.7 Å². The fraction of sp³-hybridized carbons (Fsp3) is 0.318. The Hall–Kier alpha value is -2.75. The van der Waals surface area contributed by atoms with E-state index < -0.39 is 10.0 Å². The average molecular weight is 446 g/mol. The van der Waals surface area contributed by atoms with Crippen molar-refractivity contribution in [2.24, 2.45) is 5.73 Å². The summed E-state index contributed by atoms with van der Waals surface area (Å²) in [5.74, 6) is 0.413. The number of hydrogen-bond donors (Lipinski definition) is 1. The first-order valence-corrected chi connectivity index (χ1v) is 11.3. The van der Waals surface area contributed by atoms with Crippen LogP contribution in [0, 0.1) is 6.92 Å². The summed E-state index contributed by atoms with van der Waals surface area (Å²) < 4.78 is 42.7. The zero-order chi connectivity index (χ0) is 22.9. The summed E-state index contributed by atoms with van der Waals surface area (Å²) in [6.45, 7) is 2.03. The number of halogens is 1. The van der Waals surface area contributed by atoms with E-state index >= 15 is 0 Å². The van der Waals surface area contributed by atoms with Gasteiger partial charge in [0.25, 0.3) is 0 Å². The van der Waals surface area contributed by atoms with Gasteiger partial charge in [-0.2, -0.15) is 0 Å². The van der Waals surface area contributed by atoms with Crippen molar-refractivity contribution in [2.75, 3.05) is 39.6 Å². The highest BCUT2D eigenvalue weighted by Crippen LogP contribution is 2.36. The third-order valence-corrected chi connectivity index (χ3v) is 6.97. The van der Waals surface area contributed by atoms with Gasteiger partial charge in [0.1, 0.15) is 11.6 Å². The Bertz CT molecular complexity index is 1250. The molecule has 0 aliphatic carbocycles. The summed E-state index contributed by atoms with van der Waals surface area (Å²) in [6.07, 6.45) is 1.34. The van der Waals surface area contributed by atoms with Gasteiger partial charge in [0, 0.05) is 46.0 Å². The van der Waals surface area contributed by atoms with Crippen molar-refractivity contribution in [3.05, 3.63) is 54.0 Å². The number of aromatic nitrogens is 2. The first-order valence-electron chi connectivity index (χ1n) is 9.82. The predicted octanol–water partition coefficient (Wildman–Crippen LogP) is 3.14. The fourth-order valence-electron chi connectivity index (χ4n) is 3.50. The van der Waals surface area contributed by atoms with Gasteiger partial charge in [0.15, 0.2) is 0 Å². The standard InChI is InChI=1S/C22H28FN5O2S/c1-15-21(16-7-6-8-18(13-16)31(29,30)27(4)5)22-19(9-10-20(25-22)26(2)3)28(15)14-17(23)11-12-24/h6-11,13H,12,14,24H2,1-5H3. The van der Waals surface area contributed by atoms with Crippen molar-refractivity contribution in [3.8, 4) is 11.1 Å². The van der Waals surface area contributed by atoms with Gasteiger partial charge < -0.3 is 15.2 Å². The molecule has 2 N–H and O–H groups in total. The molecule has 0 fully saturated rings. The van der Waals surface area contributed by atoms with Crippen LogP contribution in [0.1, 0.15) is 5.69 Å². The molecular formula is C22H28FN5O2S. The molecule has 2 aromatic heterocycles. The molecule has 0 bridgehead atoms. The number of nitrogens with two attached hydrogens (primary N) is 1. The Labute approximate surface area is 182 Å². The quantitative estimate of drug-likeness (QED) is 0.604. The van der Waals surface area contributed by atoms with E-state index in [2.05, 4.69) is 0 Å². The van der Waals surface area contributed by atoms with E-state index in [0.717, 1.165) is 22.6 Å². The second-order valence-electron chi connectivity index (χ2n) is 7.68. The maximum atomic E-state index is 14.4. The number of rotatable bonds is 7. The fourth-order valence-corrected chi connectivity index (χ4v) is 4.44. The monoisotopic (exact) mass is 445 g/mol. The van der Waals surface area contributed by atoms with E-state index in [1.54, 1.807) is 18.2 Å². The number of hydrogen-bond acceptors (Lipinski definition) is 5. The molecule has 1 aromatic carbocycles. The van der Waals surface area contributed by atoms with Gasteiger partial charge >= 0.3 is 0 Å². The summed E-state index contributed by atoms with van der Waals surface area (Å²) >= 11 is 0. The van der Waals surface area contributed by atoms with E-state index in [1.165, 1.54) is 24.5 Å². The third kappa shape index (κ3) is 4.34. The molecule has 2 heterocycles. The van der Waals surface area contributed by atoms with Crippen molar-refractivity contribution in [3.63, 3.8) is 0 Å². The number of allylic oxidation sites excluding steroid dienone is 1. The minimum Gasteiger partial charge on any atom is -0.363 e. The summed E-state index contributed by atoms with van der Waals surface area (Å²) in [5, 5.41) is 0. The van der Waals surface area contributed by atoms with E-state index in [4.69, 9.17) is 10.7 Å². The molecular weight excluding hydrogens is 417 g/mol. The molecule has 31 heavy (non-hydrogen) atoms. The van der Waals surface area contributed by atoms with Crippen LogP contribution in [0.4, 0.5) is 10.2 Å². The lowest BCUT2D eigenvalue weighted by Crippen LogP contribution is -2.22. The summed E-state index contributed by atoms with van der Waals surface area (Å²) in [4.78, 5) is 6.87. The van der Waals surface area contributed by atoms with Crippen LogP contribution in [0.5, 0.6) is 0 Å². The van der Waals surface area contributed by atoms with Gasteiger partial charge in [-0.25, -0.2) is 22.1 Å². The first kappa shape index (κ1) is 22.9. The van der Waals surface area contributed by atoms with Crippen molar-refractivity contribution in [1.29, 1.82) is 0 Å². The first-order chi connectivity index (χ1) is 14.6. The van der Waals surface area contributed by atoms with Gasteiger partial charge in [-0.15, -0.1) is 0 Å². The minimum atomic E-state index is -3.60. The molecule has 0 saturated heterocycles. The maximum absolute atomic E-state index is 14.4. The lowest BCUT2D eigenvalue weighted by molar-refractivity contribution is 0.521. The van der Waals surface area contributed by atoms with Crippen molar-refractivity contribution >= 4 is 26.9 Å². The number of sulfonamides is 1. The van der Waals surface area contributed by atoms with Crippen LogP contribution >= 0.6 is 0 Å². The second-order valence-corrected chi connectivity index (χ2v) is 9.83. The molecule has 0 saturated carbocycles. The lowest BCUT2D eigenvalue weighted by Gasteiger charge is -2.13. The highest BCUT2D eigenvalue weighted by atomic mass is 32.2. The molecule has 3 aromatic rings. The van der Waals surface area contributed by atoms with Crippen molar-refractivity contribution in [1.82, 2.24) is 13.9 Å². The van der Waals surface area contributed by atoms with Crippen LogP contribution in [0.2, 0.25) is 0 Å². The van der Waals surface area contributed by atoms with Crippen LogP contribution in [-0.2, 0) is 16.6 Å². The third-order valence-electron chi connectivity index (χ3n) is 5.16. The number of benzene rings is 1. The smallest absolute Gasteiger partial charge is 0.242 e. The number of nitrogens with zero attached hydrogens (tertiary/aromatic N) is 4. The average Bonchev–Trinajstić information content (AvgIpc) is 2.99. The molecule has 0 unspecified atom stereocenters. The molecule has 3 rings (SSSR count). The molecule has 7 nitrogen and oxygen atoms in total. The van der Waals surface area contributed by atoms with Crippen LogP contribution in [0.15, 0.2) is 53.2 Å². The maximum Gasteiger partial charge on any atom is 0.242 e. The SMILES string of the molecule is Cc1c(-c2cccc(S(=O)(=O)N(C)C)c2)c2nc(N(C)C)ccc2n1CC(F)=CCN. The summed E-state index contributed by atoms with van der Waals surface area (Å²) in [6, 6.07) is 10.5. The Morgan fingerprint density at radius 3 is 2.52 bits per heavy atom. The highest BCUT2D eigenvalue weighted by Gasteiger charge is 2.22. The second kappa shape index (κ2) is 8.78. The van der Waals surface area contributed by atoms with Gasteiger partial charge in [0.2, 0.25) is 10.0 Å². The molecule has 166 valence electrons. The van der Waals surface area contributed by atoms with Gasteiger partial charge in [-0.05, 0) is 42.8 Å². The number of pyridine rings is 1. The van der Waals surface area contributed by atoms with Crippen molar-refractivity contribution in [2.45, 2.75) is 18.4 Å². The Balaban J connectivity index is 2.30. The number of anilines is 1. The van der Waals surface area contributed by atoms with Crippen LogP contribution in [0.25, 0.3) is 22.2 Å². The Morgan fingerprint density at radius 2 is 1.90 bits per heavy atom. The number of fused-ring (bicyclic) bond motifs is 1. The minimum absolute atomic E-state index is 0.0260. The zero-order valence-corrected chi connectivity index (χ0v) is 19.2. The molecule has 0 atom stereocenters. The highest BCUT2D eigenvalue weighted by molar-refractivity contribution is 7.89. The summed E-state index contributed by atoms with van der Waals surface area (Å²) in [5.41, 5.74) is 9.18. The van der Waals surface area contributed by atoms with Crippen LogP contribution in [0.3, 0.4) is 0 Å².